The van der Waals surface area contributed by atoms with Gasteiger partial charge in [-0.2, -0.15) is 13.2 Å². The lowest BCUT2D eigenvalue weighted by Crippen LogP contribution is -2.49. The minimum atomic E-state index is -4.41. The molecule has 0 unspecified atom stereocenters. The van der Waals surface area contributed by atoms with Crippen molar-refractivity contribution in [3.63, 3.8) is 0 Å². The fraction of sp³-hybridized carbons (Fsp3) is 0.412. The van der Waals surface area contributed by atoms with Crippen LogP contribution in [0.2, 0.25) is 0 Å². The van der Waals surface area contributed by atoms with E-state index in [0.29, 0.717) is 44.5 Å². The number of hydrogen-bond donors (Lipinski definition) is 0. The van der Waals surface area contributed by atoms with Crippen LogP contribution in [-0.2, 0) is 6.18 Å². The number of carbonyl (C=O) groups is 1. The number of anilines is 1. The van der Waals surface area contributed by atoms with Gasteiger partial charge in [0.05, 0.1) is 12.2 Å². The quantitative estimate of drug-likeness (QED) is 0.809. The van der Waals surface area contributed by atoms with Crippen LogP contribution in [-0.4, -0.2) is 58.8 Å². The summed E-state index contributed by atoms with van der Waals surface area (Å²) < 4.78 is 43.0. The molecule has 0 N–H and O–H groups in total. The maximum Gasteiger partial charge on any atom is 0.417 e. The Bertz CT molecular complexity index is 773. The van der Waals surface area contributed by atoms with Gasteiger partial charge in [0.2, 0.25) is 5.88 Å². The summed E-state index contributed by atoms with van der Waals surface area (Å²) >= 11 is 0. The lowest BCUT2D eigenvalue weighted by atomic mass is 10.2. The van der Waals surface area contributed by atoms with Gasteiger partial charge in [-0.1, -0.05) is 0 Å². The Balaban J connectivity index is 1.59. The van der Waals surface area contributed by atoms with Crippen molar-refractivity contribution < 1.29 is 22.7 Å². The van der Waals surface area contributed by atoms with Crippen molar-refractivity contribution in [1.82, 2.24) is 20.1 Å². The monoisotopic (exact) mass is 381 g/mol. The standard InChI is InChI=1S/C17H18F3N5O2/c1-2-27-15-6-4-13(22-23-15)16(26)25-9-7-24(8-10-25)14-5-3-12(11-21-14)17(18,19)20/h3-6,11H,2,7-10H2,1H3. The Morgan fingerprint density at radius 3 is 2.37 bits per heavy atom. The SMILES string of the molecule is CCOc1ccc(C(=O)N2CCN(c3ccc(C(F)(F)F)cn3)CC2)nn1. The molecule has 2 aromatic rings. The molecule has 1 fully saturated rings. The second kappa shape index (κ2) is 7.77. The average molecular weight is 381 g/mol. The smallest absolute Gasteiger partial charge is 0.417 e. The lowest BCUT2D eigenvalue weighted by Gasteiger charge is -2.35. The summed E-state index contributed by atoms with van der Waals surface area (Å²) in [5.74, 6) is 0.564. The minimum absolute atomic E-state index is 0.222. The molecule has 1 aliphatic heterocycles. The molecular formula is C17H18F3N5O2. The molecule has 10 heteroatoms. The number of hydrogen-bond acceptors (Lipinski definition) is 6. The zero-order valence-electron chi connectivity index (χ0n) is 14.6. The summed E-state index contributed by atoms with van der Waals surface area (Å²) in [4.78, 5) is 19.9. The van der Waals surface area contributed by atoms with Crippen LogP contribution in [0.25, 0.3) is 0 Å². The number of halogens is 3. The Labute approximate surface area is 153 Å². The van der Waals surface area contributed by atoms with Crippen LogP contribution in [0, 0.1) is 0 Å². The Morgan fingerprint density at radius 2 is 1.85 bits per heavy atom. The molecule has 0 atom stereocenters. The Hall–Kier alpha value is -2.91. The van der Waals surface area contributed by atoms with E-state index >= 15 is 0 Å². The Morgan fingerprint density at radius 1 is 1.11 bits per heavy atom. The van der Waals surface area contributed by atoms with E-state index in [9.17, 15) is 18.0 Å². The van der Waals surface area contributed by atoms with Gasteiger partial charge in [0.15, 0.2) is 5.69 Å². The summed E-state index contributed by atoms with van der Waals surface area (Å²) in [6, 6.07) is 5.50. The van der Waals surface area contributed by atoms with E-state index in [2.05, 4.69) is 15.2 Å². The lowest BCUT2D eigenvalue weighted by molar-refractivity contribution is -0.137. The first kappa shape index (κ1) is 18.9. The van der Waals surface area contributed by atoms with Crippen LogP contribution in [0.15, 0.2) is 30.5 Å². The summed E-state index contributed by atoms with van der Waals surface area (Å²) in [6.07, 6.45) is -3.59. The Kier molecular flexibility index (Phi) is 5.43. The first-order chi connectivity index (χ1) is 12.9. The van der Waals surface area contributed by atoms with Crippen LogP contribution in [0.4, 0.5) is 19.0 Å². The molecule has 1 aliphatic rings. The van der Waals surface area contributed by atoms with Crippen molar-refractivity contribution in [2.45, 2.75) is 13.1 Å². The predicted octanol–water partition coefficient (Wildman–Crippen LogP) is 2.25. The van der Waals surface area contributed by atoms with Crippen molar-refractivity contribution in [1.29, 1.82) is 0 Å². The molecule has 0 bridgehead atoms. The summed E-state index contributed by atoms with van der Waals surface area (Å²) in [5, 5.41) is 7.73. The molecule has 0 aromatic carbocycles. The van der Waals surface area contributed by atoms with Gasteiger partial charge in [0, 0.05) is 38.4 Å². The second-order valence-electron chi connectivity index (χ2n) is 5.87. The normalized spacial score (nSPS) is 15.0. The van der Waals surface area contributed by atoms with Gasteiger partial charge in [-0.25, -0.2) is 4.98 Å². The molecule has 3 rings (SSSR count). The number of piperazine rings is 1. The molecule has 3 heterocycles. The zero-order chi connectivity index (χ0) is 19.4. The molecule has 0 aliphatic carbocycles. The van der Waals surface area contributed by atoms with Gasteiger partial charge in [-0.05, 0) is 25.1 Å². The van der Waals surface area contributed by atoms with E-state index in [1.54, 1.807) is 17.0 Å². The molecule has 1 amide bonds. The highest BCUT2D eigenvalue weighted by molar-refractivity contribution is 5.92. The van der Waals surface area contributed by atoms with E-state index in [1.807, 2.05) is 11.8 Å². The van der Waals surface area contributed by atoms with Gasteiger partial charge in [0.25, 0.3) is 5.91 Å². The number of ether oxygens (including phenoxy) is 1. The van der Waals surface area contributed by atoms with Crippen LogP contribution in [0.1, 0.15) is 23.0 Å². The number of pyridine rings is 1. The molecule has 1 saturated heterocycles. The number of alkyl halides is 3. The largest absolute Gasteiger partial charge is 0.477 e. The fourth-order valence-corrected chi connectivity index (χ4v) is 2.70. The van der Waals surface area contributed by atoms with E-state index in [0.717, 1.165) is 12.3 Å². The topological polar surface area (TPSA) is 71.5 Å². The van der Waals surface area contributed by atoms with Crippen molar-refractivity contribution in [2.75, 3.05) is 37.7 Å². The summed E-state index contributed by atoms with van der Waals surface area (Å²) in [5.41, 5.74) is -0.561. The van der Waals surface area contributed by atoms with Crippen LogP contribution in [0.3, 0.4) is 0 Å². The third-order valence-corrected chi connectivity index (χ3v) is 4.12. The first-order valence-electron chi connectivity index (χ1n) is 8.42. The van der Waals surface area contributed by atoms with Crippen molar-refractivity contribution in [3.8, 4) is 5.88 Å². The molecule has 7 nitrogen and oxygen atoms in total. The van der Waals surface area contributed by atoms with Crippen molar-refractivity contribution in [2.24, 2.45) is 0 Å². The fourth-order valence-electron chi connectivity index (χ4n) is 2.70. The molecule has 0 radical (unpaired) electrons. The van der Waals surface area contributed by atoms with Gasteiger partial charge >= 0.3 is 6.18 Å². The second-order valence-corrected chi connectivity index (χ2v) is 5.87. The molecule has 2 aromatic heterocycles. The van der Waals surface area contributed by atoms with Gasteiger partial charge in [-0.3, -0.25) is 4.79 Å². The number of nitrogens with zero attached hydrogens (tertiary/aromatic N) is 5. The maximum atomic E-state index is 12.6. The van der Waals surface area contributed by atoms with Crippen LogP contribution >= 0.6 is 0 Å². The minimum Gasteiger partial charge on any atom is -0.477 e. The zero-order valence-corrected chi connectivity index (χ0v) is 14.6. The van der Waals surface area contributed by atoms with E-state index < -0.39 is 11.7 Å². The highest BCUT2D eigenvalue weighted by Gasteiger charge is 2.31. The molecule has 144 valence electrons. The number of amides is 1. The van der Waals surface area contributed by atoms with E-state index in [-0.39, 0.29) is 11.6 Å². The van der Waals surface area contributed by atoms with E-state index in [4.69, 9.17) is 4.74 Å². The number of carbonyl (C=O) groups excluding carboxylic acids is 1. The van der Waals surface area contributed by atoms with Gasteiger partial charge in [0.1, 0.15) is 5.82 Å². The van der Waals surface area contributed by atoms with Crippen LogP contribution in [0.5, 0.6) is 5.88 Å². The van der Waals surface area contributed by atoms with Gasteiger partial charge < -0.3 is 14.5 Å². The summed E-state index contributed by atoms with van der Waals surface area (Å²) in [7, 11) is 0. The van der Waals surface area contributed by atoms with Crippen molar-refractivity contribution in [3.05, 3.63) is 41.7 Å². The third-order valence-electron chi connectivity index (χ3n) is 4.12. The number of aromatic nitrogens is 3. The molecular weight excluding hydrogens is 363 g/mol. The first-order valence-corrected chi connectivity index (χ1v) is 8.42. The maximum absolute atomic E-state index is 12.6. The van der Waals surface area contributed by atoms with E-state index in [1.165, 1.54) is 6.07 Å². The van der Waals surface area contributed by atoms with Gasteiger partial charge in [-0.15, -0.1) is 10.2 Å². The number of rotatable bonds is 4. The molecule has 0 saturated carbocycles. The highest BCUT2D eigenvalue weighted by Crippen LogP contribution is 2.29. The molecule has 27 heavy (non-hydrogen) atoms. The average Bonchev–Trinajstić information content (AvgIpc) is 2.68. The molecule has 0 spiro atoms. The predicted molar refractivity (Wildman–Crippen MR) is 90.6 cm³/mol. The van der Waals surface area contributed by atoms with Crippen LogP contribution < -0.4 is 9.64 Å². The summed E-state index contributed by atoms with van der Waals surface area (Å²) in [6.45, 7) is 4.05. The highest BCUT2D eigenvalue weighted by atomic mass is 19.4. The third kappa shape index (κ3) is 4.44. The van der Waals surface area contributed by atoms with Crippen molar-refractivity contribution >= 4 is 11.7 Å².